The predicted octanol–water partition coefficient (Wildman–Crippen LogP) is 2.47. The van der Waals surface area contributed by atoms with Crippen LogP contribution in [0.2, 0.25) is 0 Å². The zero-order valence-electron chi connectivity index (χ0n) is 24.3. The van der Waals surface area contributed by atoms with Crippen molar-refractivity contribution in [3.05, 3.63) is 75.6 Å². The van der Waals surface area contributed by atoms with Crippen LogP contribution in [0.5, 0.6) is 11.8 Å². The van der Waals surface area contributed by atoms with Crippen LogP contribution in [-0.2, 0) is 17.9 Å². The number of nitriles is 1. The summed E-state index contributed by atoms with van der Waals surface area (Å²) in [4.78, 5) is 46.6. The molecule has 1 amide bonds. The number of nitrogens with two attached hydrogens (primary N) is 1. The van der Waals surface area contributed by atoms with E-state index in [0.717, 1.165) is 31.7 Å². The van der Waals surface area contributed by atoms with Crippen molar-refractivity contribution in [1.82, 2.24) is 24.4 Å². The summed E-state index contributed by atoms with van der Waals surface area (Å²) in [6.45, 7) is 5.14. The van der Waals surface area contributed by atoms with Gasteiger partial charge in [-0.05, 0) is 36.8 Å². The lowest BCUT2D eigenvalue weighted by molar-refractivity contribution is -0.192. The third-order valence-corrected chi connectivity index (χ3v) is 6.64. The third kappa shape index (κ3) is 7.61. The Kier molecular flexibility index (Phi) is 10.3. The van der Waals surface area contributed by atoms with Crippen LogP contribution in [0.15, 0.2) is 53.3 Å². The number of carbonyl (C=O) groups excluding carboxylic acids is 1. The number of alkyl halides is 3. The van der Waals surface area contributed by atoms with Gasteiger partial charge in [0.2, 0.25) is 5.95 Å². The van der Waals surface area contributed by atoms with Crippen molar-refractivity contribution in [3.8, 4) is 29.7 Å². The molecule has 0 unspecified atom stereocenters. The molecule has 0 bridgehead atoms. The number of nitrogens with zero attached hydrogens (tertiary/aromatic N) is 6. The van der Waals surface area contributed by atoms with E-state index in [2.05, 4.69) is 33.1 Å². The number of aliphatic carboxylic acids is 1. The number of anilines is 1. The van der Waals surface area contributed by atoms with E-state index >= 15 is 0 Å². The largest absolute Gasteiger partial charge is 0.490 e. The molecule has 5 rings (SSSR count). The number of hydrogen-bond acceptors (Lipinski definition) is 9. The molecule has 1 aliphatic rings. The van der Waals surface area contributed by atoms with Crippen molar-refractivity contribution < 1.29 is 32.6 Å². The topological polar surface area (TPSA) is 181 Å². The minimum Gasteiger partial charge on any atom is -0.475 e. The first-order valence-electron chi connectivity index (χ1n) is 13.7. The van der Waals surface area contributed by atoms with Gasteiger partial charge in [0.1, 0.15) is 5.75 Å². The van der Waals surface area contributed by atoms with Gasteiger partial charge >= 0.3 is 18.2 Å². The number of carboxylic acids is 1. The van der Waals surface area contributed by atoms with Gasteiger partial charge in [-0.2, -0.15) is 28.4 Å². The second kappa shape index (κ2) is 14.3. The average molecular weight is 637 g/mol. The molecule has 4 aromatic rings. The van der Waals surface area contributed by atoms with Gasteiger partial charge in [-0.15, -0.1) is 5.92 Å². The first-order valence-corrected chi connectivity index (χ1v) is 13.7. The van der Waals surface area contributed by atoms with Gasteiger partial charge in [-0.25, -0.2) is 4.79 Å². The van der Waals surface area contributed by atoms with E-state index in [1.54, 1.807) is 60.0 Å². The smallest absolute Gasteiger partial charge is 0.475 e. The number of hydrogen-bond donors (Lipinski definition) is 3. The summed E-state index contributed by atoms with van der Waals surface area (Å²) in [5.41, 5.74) is 7.12. The molecule has 0 radical (unpaired) electrons. The van der Waals surface area contributed by atoms with Crippen LogP contribution in [0.25, 0.3) is 11.2 Å². The van der Waals surface area contributed by atoms with E-state index in [-0.39, 0.29) is 41.6 Å². The lowest BCUT2D eigenvalue weighted by Gasteiger charge is -2.28. The van der Waals surface area contributed by atoms with Crippen molar-refractivity contribution in [2.75, 3.05) is 31.1 Å². The van der Waals surface area contributed by atoms with Crippen LogP contribution < -0.4 is 26.2 Å². The highest BCUT2D eigenvalue weighted by atomic mass is 19.4. The van der Waals surface area contributed by atoms with Crippen molar-refractivity contribution >= 4 is 29.0 Å². The number of imidazole rings is 1. The van der Waals surface area contributed by atoms with Crippen molar-refractivity contribution in [3.63, 3.8) is 0 Å². The fourth-order valence-corrected chi connectivity index (χ4v) is 4.44. The lowest BCUT2D eigenvalue weighted by Crippen LogP contribution is -2.44. The van der Waals surface area contributed by atoms with E-state index in [9.17, 15) is 22.8 Å². The summed E-state index contributed by atoms with van der Waals surface area (Å²) in [7, 11) is 0. The predicted molar refractivity (Wildman–Crippen MR) is 159 cm³/mol. The number of fused-ring (bicyclic) bond motifs is 1. The molecule has 13 nitrogen and oxygen atoms in total. The summed E-state index contributed by atoms with van der Waals surface area (Å²) < 4.78 is 41.0. The molecule has 2 aromatic heterocycles. The normalized spacial score (nSPS) is 12.7. The minimum atomic E-state index is -5.08. The number of carboxylic acid groups (broad SMARTS) is 1. The molecular formula is C30H27F3N8O5. The van der Waals surface area contributed by atoms with E-state index in [4.69, 9.17) is 30.6 Å². The van der Waals surface area contributed by atoms with Gasteiger partial charge in [0.05, 0.1) is 30.3 Å². The van der Waals surface area contributed by atoms with Crippen LogP contribution in [0.1, 0.15) is 28.4 Å². The van der Waals surface area contributed by atoms with Crippen LogP contribution in [0, 0.1) is 23.2 Å². The highest BCUT2D eigenvalue weighted by molar-refractivity contribution is 5.95. The van der Waals surface area contributed by atoms with Gasteiger partial charge in [-0.3, -0.25) is 18.7 Å². The maximum Gasteiger partial charge on any atom is 0.490 e. The van der Waals surface area contributed by atoms with Crippen LogP contribution in [-0.4, -0.2) is 68.4 Å². The lowest BCUT2D eigenvalue weighted by atomic mass is 10.1. The highest BCUT2D eigenvalue weighted by Gasteiger charge is 2.38. The monoisotopic (exact) mass is 636 g/mol. The van der Waals surface area contributed by atoms with Crippen molar-refractivity contribution in [2.45, 2.75) is 26.2 Å². The number of piperazine rings is 1. The summed E-state index contributed by atoms with van der Waals surface area (Å²) in [5.74, 6) is 3.29. The fraction of sp³-hybridized carbons (Fsp3) is 0.267. The molecule has 0 spiro atoms. The second-order valence-corrected chi connectivity index (χ2v) is 9.69. The van der Waals surface area contributed by atoms with E-state index in [1.807, 2.05) is 0 Å². The Morgan fingerprint density at radius 1 is 1.09 bits per heavy atom. The molecule has 1 fully saturated rings. The molecular weight excluding hydrogens is 609 g/mol. The Bertz CT molecular complexity index is 1910. The molecule has 1 saturated heterocycles. The average Bonchev–Trinajstić information content (AvgIpc) is 3.41. The maximum atomic E-state index is 14.1. The molecule has 1 aliphatic heterocycles. The number of amides is 1. The van der Waals surface area contributed by atoms with Gasteiger partial charge in [0.15, 0.2) is 11.2 Å². The summed E-state index contributed by atoms with van der Waals surface area (Å²) in [6, 6.07) is 15.4. The minimum absolute atomic E-state index is 0.0383. The zero-order valence-corrected chi connectivity index (χ0v) is 24.3. The van der Waals surface area contributed by atoms with Crippen molar-refractivity contribution in [2.24, 2.45) is 5.73 Å². The van der Waals surface area contributed by atoms with Crippen molar-refractivity contribution in [1.29, 1.82) is 5.26 Å². The Balaban J connectivity index is 0.000000617. The number of rotatable bonds is 7. The summed E-state index contributed by atoms with van der Waals surface area (Å²) in [6.07, 6.45) is -5.08. The van der Waals surface area contributed by atoms with Crippen LogP contribution in [0.4, 0.5) is 19.1 Å². The summed E-state index contributed by atoms with van der Waals surface area (Å²) >= 11 is 0. The molecule has 238 valence electrons. The number of halogens is 3. The Labute approximate surface area is 259 Å². The first kappa shape index (κ1) is 33.0. The number of ether oxygens (including phenoxy) is 1. The number of benzene rings is 2. The molecule has 0 atom stereocenters. The molecule has 2 aromatic carbocycles. The summed E-state index contributed by atoms with van der Waals surface area (Å²) in [5, 5.41) is 19.6. The molecule has 0 saturated carbocycles. The zero-order chi connectivity index (χ0) is 33.4. The van der Waals surface area contributed by atoms with Gasteiger partial charge in [0.25, 0.3) is 11.5 Å². The molecule has 0 aliphatic carbocycles. The second-order valence-electron chi connectivity index (χ2n) is 9.69. The van der Waals surface area contributed by atoms with E-state index in [1.165, 1.54) is 4.57 Å². The quantitative estimate of drug-likeness (QED) is 0.255. The highest BCUT2D eigenvalue weighted by Crippen LogP contribution is 2.27. The van der Waals surface area contributed by atoms with E-state index < -0.39 is 18.1 Å². The number of nitrogens with one attached hydrogen (secondary N) is 1. The van der Waals surface area contributed by atoms with Gasteiger partial charge < -0.3 is 25.8 Å². The molecule has 4 N–H and O–H groups in total. The maximum absolute atomic E-state index is 14.1. The SMILES string of the molecule is CC#CCn1c(N2CCNCC2)nc2nc(Oc3ccccc3C(N)=O)n(Cc3ccc(C#N)cc3)c(=O)c21.O=C(O)C(F)(F)F. The molecule has 46 heavy (non-hydrogen) atoms. The fourth-order valence-electron chi connectivity index (χ4n) is 4.44. The van der Waals surface area contributed by atoms with Gasteiger partial charge in [0, 0.05) is 26.2 Å². The van der Waals surface area contributed by atoms with Crippen LogP contribution in [0.3, 0.4) is 0 Å². The molecule has 3 heterocycles. The van der Waals surface area contributed by atoms with E-state index in [0.29, 0.717) is 17.0 Å². The van der Waals surface area contributed by atoms with Gasteiger partial charge in [-0.1, -0.05) is 30.2 Å². The standard InChI is InChI=1S/C28H26N8O3.C2HF3O2/c1-2-3-14-35-23-25(32-27(35)34-15-12-31-13-16-34)33-28(39-22-7-5-4-6-21(22)24(30)37)36(26(23)38)18-20-10-8-19(17-29)9-11-20;3-2(4,5)1(6)7/h4-11,31H,12-16,18H2,1H3,(H2,30,37);(H,6,7). The number of primary amides is 1. The Morgan fingerprint density at radius 2 is 1.74 bits per heavy atom. The number of aromatic nitrogens is 4. The Hall–Kier alpha value is -5.87. The number of para-hydroxylation sites is 1. The Morgan fingerprint density at radius 3 is 2.33 bits per heavy atom. The molecule has 16 heteroatoms. The van der Waals surface area contributed by atoms with Crippen LogP contribution >= 0.6 is 0 Å². The first-order chi connectivity index (χ1) is 21.9. The third-order valence-electron chi connectivity index (χ3n) is 6.64. The number of carbonyl (C=O) groups is 2.